The zero-order valence-electron chi connectivity index (χ0n) is 25.2. The molecule has 1 aliphatic heterocycles. The number of hydrogen-bond donors (Lipinski definition) is 4. The average Bonchev–Trinajstić information content (AvgIpc) is 2.93. The number of nitrogens with zero attached hydrogens (tertiary/aromatic N) is 6. The van der Waals surface area contributed by atoms with Gasteiger partial charge in [-0.2, -0.15) is 5.26 Å². The lowest BCUT2D eigenvalue weighted by Crippen LogP contribution is -2.51. The first-order valence-electron chi connectivity index (χ1n) is 14.6. The van der Waals surface area contributed by atoms with Crippen molar-refractivity contribution in [3.05, 3.63) is 29.8 Å². The number of benzene rings is 1. The summed E-state index contributed by atoms with van der Waals surface area (Å²) in [6.07, 6.45) is 1.93. The number of carboxylic acids is 4. The zero-order valence-corrected chi connectivity index (χ0v) is 26.0. The van der Waals surface area contributed by atoms with Crippen LogP contribution in [0, 0.1) is 10.7 Å². The van der Waals surface area contributed by atoms with E-state index in [1.54, 1.807) is 9.80 Å². The lowest BCUT2D eigenvalue weighted by molar-refractivity contribution is -0.143. The highest BCUT2D eigenvalue weighted by Crippen LogP contribution is 2.19. The fraction of sp³-hybridized carbons (Fsp3) is 0.621. The molecule has 0 radical (unpaired) electrons. The third kappa shape index (κ3) is 15.5. The first-order chi connectivity index (χ1) is 20.9. The number of nitriles is 1. The SMILES string of the molecule is CN1CCN(CC(=O)O)CCN(CC(=O)O)CCN(CC(CCCc2ccc(SC#N)cc2)N(CC(=O)O)CC(=O)O)CC1. The first-order valence-corrected chi connectivity index (χ1v) is 15.4. The van der Waals surface area contributed by atoms with Crippen molar-refractivity contribution in [1.29, 1.82) is 5.26 Å². The number of likely N-dealkylation sites (N-methyl/N-ethyl adjacent to an activating group) is 1. The molecule has 1 aromatic carbocycles. The number of carboxylic acid groups (broad SMARTS) is 4. The second kappa shape index (κ2) is 19.9. The van der Waals surface area contributed by atoms with E-state index in [1.807, 2.05) is 36.7 Å². The Balaban J connectivity index is 2.22. The molecule has 0 aliphatic carbocycles. The van der Waals surface area contributed by atoms with Crippen molar-refractivity contribution in [2.75, 3.05) is 92.1 Å². The van der Waals surface area contributed by atoms with Gasteiger partial charge in [0.15, 0.2) is 0 Å². The number of aliphatic carboxylic acids is 4. The van der Waals surface area contributed by atoms with Crippen molar-refractivity contribution in [2.24, 2.45) is 0 Å². The van der Waals surface area contributed by atoms with Crippen LogP contribution in [0.5, 0.6) is 0 Å². The number of hydrogen-bond acceptors (Lipinski definition) is 11. The summed E-state index contributed by atoms with van der Waals surface area (Å²) in [7, 11) is 1.94. The van der Waals surface area contributed by atoms with Crippen LogP contribution in [0.1, 0.15) is 18.4 Å². The van der Waals surface area contributed by atoms with Crippen LogP contribution in [-0.4, -0.2) is 167 Å². The van der Waals surface area contributed by atoms with Crippen molar-refractivity contribution >= 4 is 35.6 Å². The summed E-state index contributed by atoms with van der Waals surface area (Å²) in [5, 5.41) is 48.9. The molecule has 2 rings (SSSR count). The Hall–Kier alpha value is -3.26. The van der Waals surface area contributed by atoms with Crippen LogP contribution in [0.15, 0.2) is 29.2 Å². The van der Waals surface area contributed by atoms with Gasteiger partial charge in [-0.15, -0.1) is 0 Å². The molecule has 1 unspecified atom stereocenters. The van der Waals surface area contributed by atoms with Crippen LogP contribution in [0.4, 0.5) is 0 Å². The second-order valence-electron chi connectivity index (χ2n) is 11.0. The zero-order chi connectivity index (χ0) is 32.5. The van der Waals surface area contributed by atoms with Gasteiger partial charge in [0.25, 0.3) is 0 Å². The molecule has 14 nitrogen and oxygen atoms in total. The van der Waals surface area contributed by atoms with E-state index in [9.17, 15) is 39.6 Å². The molecule has 44 heavy (non-hydrogen) atoms. The van der Waals surface area contributed by atoms with E-state index in [1.165, 1.54) is 4.90 Å². The van der Waals surface area contributed by atoms with E-state index >= 15 is 0 Å². The minimum Gasteiger partial charge on any atom is -0.480 e. The summed E-state index contributed by atoms with van der Waals surface area (Å²) < 4.78 is 0. The number of aryl methyl sites for hydroxylation is 1. The highest BCUT2D eigenvalue weighted by molar-refractivity contribution is 8.03. The number of rotatable bonds is 16. The van der Waals surface area contributed by atoms with Crippen LogP contribution in [0.25, 0.3) is 0 Å². The highest BCUT2D eigenvalue weighted by atomic mass is 32.2. The van der Waals surface area contributed by atoms with Crippen molar-refractivity contribution in [1.82, 2.24) is 24.5 Å². The van der Waals surface area contributed by atoms with E-state index in [0.29, 0.717) is 78.2 Å². The number of thioether (sulfide) groups is 1. The quantitative estimate of drug-likeness (QED) is 0.144. The largest absolute Gasteiger partial charge is 0.480 e. The molecule has 4 N–H and O–H groups in total. The number of carbonyl (C=O) groups is 4. The van der Waals surface area contributed by atoms with Crippen LogP contribution in [0.2, 0.25) is 0 Å². The molecule has 1 aliphatic rings. The maximum absolute atomic E-state index is 11.7. The van der Waals surface area contributed by atoms with Crippen LogP contribution in [0.3, 0.4) is 0 Å². The third-order valence-electron chi connectivity index (χ3n) is 7.53. The van der Waals surface area contributed by atoms with Gasteiger partial charge in [-0.25, -0.2) is 0 Å². The van der Waals surface area contributed by atoms with E-state index in [-0.39, 0.29) is 19.1 Å². The Labute approximate surface area is 262 Å². The van der Waals surface area contributed by atoms with E-state index in [2.05, 4.69) is 9.80 Å². The molecule has 0 saturated carbocycles. The van der Waals surface area contributed by atoms with Crippen LogP contribution in [-0.2, 0) is 25.6 Å². The summed E-state index contributed by atoms with van der Waals surface area (Å²) in [6, 6.07) is 7.26. The predicted molar refractivity (Wildman–Crippen MR) is 164 cm³/mol. The van der Waals surface area contributed by atoms with Crippen molar-refractivity contribution in [3.8, 4) is 5.40 Å². The molecule has 244 valence electrons. The Bertz CT molecular complexity index is 1100. The van der Waals surface area contributed by atoms with Gasteiger partial charge in [0.05, 0.1) is 26.2 Å². The molecule has 15 heteroatoms. The average molecular weight is 637 g/mol. The molecule has 1 heterocycles. The summed E-state index contributed by atoms with van der Waals surface area (Å²) in [6.45, 7) is 3.21. The summed E-state index contributed by atoms with van der Waals surface area (Å²) in [5.41, 5.74) is 1.06. The Morgan fingerprint density at radius 3 is 1.75 bits per heavy atom. The molecule has 1 aromatic rings. The highest BCUT2D eigenvalue weighted by Gasteiger charge is 2.26. The van der Waals surface area contributed by atoms with Crippen LogP contribution >= 0.6 is 11.8 Å². The van der Waals surface area contributed by atoms with Gasteiger partial charge in [-0.05, 0) is 55.8 Å². The fourth-order valence-corrected chi connectivity index (χ4v) is 5.56. The minimum atomic E-state index is -1.12. The van der Waals surface area contributed by atoms with Crippen molar-refractivity contribution in [2.45, 2.75) is 30.2 Å². The normalized spacial score (nSPS) is 17.3. The topological polar surface area (TPSA) is 189 Å². The smallest absolute Gasteiger partial charge is 0.317 e. The van der Waals surface area contributed by atoms with Crippen LogP contribution < -0.4 is 0 Å². The minimum absolute atomic E-state index is 0.130. The third-order valence-corrected chi connectivity index (χ3v) is 8.13. The molecule has 0 aromatic heterocycles. The Kier molecular flexibility index (Phi) is 16.7. The van der Waals surface area contributed by atoms with E-state index in [4.69, 9.17) is 5.26 Å². The predicted octanol–water partition coefficient (Wildman–Crippen LogP) is 0.443. The monoisotopic (exact) mass is 636 g/mol. The van der Waals surface area contributed by atoms with Gasteiger partial charge in [-0.3, -0.25) is 38.8 Å². The molecule has 1 atom stereocenters. The molecular formula is C29H44N6O8S. The fourth-order valence-electron chi connectivity index (χ4n) is 5.19. The van der Waals surface area contributed by atoms with Gasteiger partial charge in [0.2, 0.25) is 0 Å². The molecule has 1 fully saturated rings. The molecule has 0 bridgehead atoms. The summed E-state index contributed by atoms with van der Waals surface area (Å²) >= 11 is 1.08. The Morgan fingerprint density at radius 1 is 0.795 bits per heavy atom. The maximum atomic E-state index is 11.7. The van der Waals surface area contributed by atoms with E-state index in [0.717, 1.165) is 22.2 Å². The molecular weight excluding hydrogens is 592 g/mol. The number of thiocyanates is 1. The lowest BCUT2D eigenvalue weighted by Gasteiger charge is -2.36. The van der Waals surface area contributed by atoms with Crippen molar-refractivity contribution < 1.29 is 39.6 Å². The Morgan fingerprint density at radius 2 is 1.27 bits per heavy atom. The summed E-state index contributed by atoms with van der Waals surface area (Å²) in [4.78, 5) is 56.5. The van der Waals surface area contributed by atoms with Gasteiger partial charge in [0.1, 0.15) is 5.40 Å². The second-order valence-corrected chi connectivity index (χ2v) is 11.9. The van der Waals surface area contributed by atoms with Gasteiger partial charge >= 0.3 is 23.9 Å². The van der Waals surface area contributed by atoms with Crippen molar-refractivity contribution in [3.63, 3.8) is 0 Å². The van der Waals surface area contributed by atoms with E-state index < -0.39 is 37.0 Å². The molecule has 0 spiro atoms. The maximum Gasteiger partial charge on any atom is 0.317 e. The lowest BCUT2D eigenvalue weighted by atomic mass is 10.0. The standard InChI is InChI=1S/C29H44N6O8S/c1-31-9-11-32(13-14-34(19-27(38)39)16-15-33(12-10-31)18-26(36)37)17-24(35(20-28(40)41)21-29(42)43)4-2-3-23-5-7-25(8-6-23)44-22-30/h5-8,24H,2-4,9-21H2,1H3,(H,36,37)(H,38,39)(H,40,41)(H,42,43). The van der Waals surface area contributed by atoms with Gasteiger partial charge < -0.3 is 25.3 Å². The first kappa shape index (κ1) is 36.9. The molecule has 0 amide bonds. The van der Waals surface area contributed by atoms with Gasteiger partial charge in [-0.1, -0.05) is 12.1 Å². The van der Waals surface area contributed by atoms with Gasteiger partial charge in [0, 0.05) is 69.8 Å². The molecule has 1 saturated heterocycles. The summed E-state index contributed by atoms with van der Waals surface area (Å²) in [5.74, 6) is -4.16.